The summed E-state index contributed by atoms with van der Waals surface area (Å²) in [5, 5.41) is 0. The molecule has 3 fully saturated rings. The topological polar surface area (TPSA) is 40.6 Å². The smallest absolute Gasteiger partial charge is 0.227 e. The summed E-state index contributed by atoms with van der Waals surface area (Å²) in [6.07, 6.45) is 9.70. The van der Waals surface area contributed by atoms with Crippen molar-refractivity contribution in [2.45, 2.75) is 63.8 Å². The second kappa shape index (κ2) is 6.15. The first kappa shape index (κ1) is 13.9. The van der Waals surface area contributed by atoms with Crippen LogP contribution in [-0.2, 0) is 9.59 Å². The highest BCUT2D eigenvalue weighted by Gasteiger charge is 2.39. The minimum Gasteiger partial charge on any atom is -0.342 e. The highest BCUT2D eigenvalue weighted by atomic mass is 16.2. The molecule has 2 amide bonds. The van der Waals surface area contributed by atoms with Gasteiger partial charge < -0.3 is 9.80 Å². The van der Waals surface area contributed by atoms with Crippen LogP contribution in [0.4, 0.5) is 0 Å². The minimum atomic E-state index is 0.0627. The molecule has 2 saturated heterocycles. The van der Waals surface area contributed by atoms with Crippen molar-refractivity contribution in [1.82, 2.24) is 9.80 Å². The van der Waals surface area contributed by atoms with Gasteiger partial charge in [0.05, 0.1) is 5.92 Å². The predicted octanol–water partition coefficient (Wildman–Crippen LogP) is 2.18. The number of nitrogens with zero attached hydrogens (tertiary/aromatic N) is 2. The van der Waals surface area contributed by atoms with Gasteiger partial charge in [0.1, 0.15) is 0 Å². The molecule has 0 N–H and O–H groups in total. The lowest BCUT2D eigenvalue weighted by Gasteiger charge is -2.35. The first-order valence-electron chi connectivity index (χ1n) is 8.34. The predicted molar refractivity (Wildman–Crippen MR) is 77.1 cm³/mol. The molecule has 0 bridgehead atoms. The molecule has 3 rings (SSSR count). The lowest BCUT2D eigenvalue weighted by molar-refractivity contribution is -0.143. The number of amides is 2. The third-order valence-corrected chi connectivity index (χ3v) is 4.95. The number of hydrogen-bond acceptors (Lipinski definition) is 2. The van der Waals surface area contributed by atoms with Crippen molar-refractivity contribution in [3.8, 4) is 0 Å². The van der Waals surface area contributed by atoms with Gasteiger partial charge in [0.25, 0.3) is 0 Å². The van der Waals surface area contributed by atoms with Gasteiger partial charge in [-0.05, 0) is 32.1 Å². The fourth-order valence-electron chi connectivity index (χ4n) is 3.54. The van der Waals surface area contributed by atoms with Crippen LogP contribution in [-0.4, -0.2) is 47.3 Å². The van der Waals surface area contributed by atoms with Crippen LogP contribution in [0.25, 0.3) is 0 Å². The van der Waals surface area contributed by atoms with E-state index in [9.17, 15) is 9.59 Å². The number of likely N-dealkylation sites (tertiary alicyclic amines) is 2. The molecular formula is C16H26N2O2. The van der Waals surface area contributed by atoms with E-state index in [4.69, 9.17) is 0 Å². The summed E-state index contributed by atoms with van der Waals surface area (Å²) in [4.78, 5) is 28.7. The van der Waals surface area contributed by atoms with Gasteiger partial charge in [-0.15, -0.1) is 0 Å². The molecule has 0 aromatic rings. The van der Waals surface area contributed by atoms with Crippen LogP contribution in [0.5, 0.6) is 0 Å². The lowest BCUT2D eigenvalue weighted by atomic mass is 9.95. The number of piperidine rings is 1. The standard InChI is InChI=1S/C16H26N2O2/c19-15-9-6-13(12-18(15)14-7-8-14)16(20)17-10-4-2-1-3-5-11-17/h13-14H,1-12H2. The van der Waals surface area contributed by atoms with Gasteiger partial charge in [0.15, 0.2) is 0 Å². The van der Waals surface area contributed by atoms with Crippen molar-refractivity contribution >= 4 is 11.8 Å². The van der Waals surface area contributed by atoms with Crippen molar-refractivity contribution in [2.24, 2.45) is 5.92 Å². The summed E-state index contributed by atoms with van der Waals surface area (Å²) >= 11 is 0. The second-order valence-electron chi connectivity index (χ2n) is 6.61. The van der Waals surface area contributed by atoms with E-state index < -0.39 is 0 Å². The number of rotatable bonds is 2. The highest BCUT2D eigenvalue weighted by molar-refractivity contribution is 5.84. The Kier molecular flexibility index (Phi) is 4.27. The molecule has 1 aliphatic carbocycles. The summed E-state index contributed by atoms with van der Waals surface area (Å²) in [6.45, 7) is 2.53. The molecule has 3 aliphatic rings. The average Bonchev–Trinajstić information content (AvgIpc) is 3.22. The Morgan fingerprint density at radius 1 is 0.950 bits per heavy atom. The molecule has 2 aliphatic heterocycles. The van der Waals surface area contributed by atoms with Crippen LogP contribution in [0.1, 0.15) is 57.8 Å². The Labute approximate surface area is 121 Å². The maximum absolute atomic E-state index is 12.7. The van der Waals surface area contributed by atoms with E-state index in [1.165, 1.54) is 19.3 Å². The van der Waals surface area contributed by atoms with Gasteiger partial charge in [-0.25, -0.2) is 0 Å². The zero-order valence-electron chi connectivity index (χ0n) is 12.4. The molecule has 1 unspecified atom stereocenters. The molecule has 1 saturated carbocycles. The quantitative estimate of drug-likeness (QED) is 0.777. The van der Waals surface area contributed by atoms with Crippen molar-refractivity contribution in [1.29, 1.82) is 0 Å². The molecule has 0 aromatic heterocycles. The van der Waals surface area contributed by atoms with Crippen molar-refractivity contribution < 1.29 is 9.59 Å². The van der Waals surface area contributed by atoms with E-state index in [-0.39, 0.29) is 11.8 Å². The van der Waals surface area contributed by atoms with Crippen molar-refractivity contribution in [2.75, 3.05) is 19.6 Å². The monoisotopic (exact) mass is 278 g/mol. The fourth-order valence-corrected chi connectivity index (χ4v) is 3.54. The summed E-state index contributed by atoms with van der Waals surface area (Å²) in [5.74, 6) is 0.641. The summed E-state index contributed by atoms with van der Waals surface area (Å²) < 4.78 is 0. The molecule has 0 spiro atoms. The van der Waals surface area contributed by atoms with E-state index >= 15 is 0 Å². The first-order chi connectivity index (χ1) is 9.75. The van der Waals surface area contributed by atoms with Crippen molar-refractivity contribution in [3.05, 3.63) is 0 Å². The van der Waals surface area contributed by atoms with Gasteiger partial charge in [0, 0.05) is 32.1 Å². The van der Waals surface area contributed by atoms with Crippen molar-refractivity contribution in [3.63, 3.8) is 0 Å². The number of carbonyl (C=O) groups excluding carboxylic acids is 2. The zero-order chi connectivity index (χ0) is 13.9. The second-order valence-corrected chi connectivity index (χ2v) is 6.61. The number of carbonyl (C=O) groups is 2. The maximum Gasteiger partial charge on any atom is 0.227 e. The Hall–Kier alpha value is -1.06. The van der Waals surface area contributed by atoms with E-state index in [0.717, 1.165) is 45.2 Å². The van der Waals surface area contributed by atoms with E-state index in [0.29, 0.717) is 24.9 Å². The molecule has 112 valence electrons. The summed E-state index contributed by atoms with van der Waals surface area (Å²) in [7, 11) is 0. The largest absolute Gasteiger partial charge is 0.342 e. The Morgan fingerprint density at radius 2 is 1.60 bits per heavy atom. The van der Waals surface area contributed by atoms with Crippen LogP contribution >= 0.6 is 0 Å². The SMILES string of the molecule is O=C(C1CCC(=O)N(C2CC2)C1)N1CCCCCCC1. The molecule has 0 radical (unpaired) electrons. The van der Waals surface area contributed by atoms with Crippen LogP contribution in [0.2, 0.25) is 0 Å². The Morgan fingerprint density at radius 3 is 2.25 bits per heavy atom. The van der Waals surface area contributed by atoms with E-state index in [1.54, 1.807) is 0 Å². The lowest BCUT2D eigenvalue weighted by Crippen LogP contribution is -2.48. The Bertz CT molecular complexity index is 371. The fraction of sp³-hybridized carbons (Fsp3) is 0.875. The summed E-state index contributed by atoms with van der Waals surface area (Å²) in [5.41, 5.74) is 0. The molecule has 4 nitrogen and oxygen atoms in total. The average molecular weight is 278 g/mol. The van der Waals surface area contributed by atoms with Crippen LogP contribution in [0, 0.1) is 5.92 Å². The van der Waals surface area contributed by atoms with Crippen LogP contribution in [0.15, 0.2) is 0 Å². The molecule has 2 heterocycles. The van der Waals surface area contributed by atoms with E-state index in [2.05, 4.69) is 4.90 Å². The number of hydrogen-bond donors (Lipinski definition) is 0. The third kappa shape index (κ3) is 3.15. The van der Waals surface area contributed by atoms with E-state index in [1.807, 2.05) is 4.90 Å². The zero-order valence-corrected chi connectivity index (χ0v) is 12.4. The molecular weight excluding hydrogens is 252 g/mol. The van der Waals surface area contributed by atoms with Crippen LogP contribution < -0.4 is 0 Å². The van der Waals surface area contributed by atoms with Gasteiger partial charge in [-0.1, -0.05) is 19.3 Å². The maximum atomic E-state index is 12.7. The molecule has 20 heavy (non-hydrogen) atoms. The first-order valence-corrected chi connectivity index (χ1v) is 8.34. The third-order valence-electron chi connectivity index (χ3n) is 4.95. The van der Waals surface area contributed by atoms with Gasteiger partial charge >= 0.3 is 0 Å². The molecule has 0 aromatic carbocycles. The normalized spacial score (nSPS) is 29.0. The van der Waals surface area contributed by atoms with Gasteiger partial charge in [-0.3, -0.25) is 9.59 Å². The highest BCUT2D eigenvalue weighted by Crippen LogP contribution is 2.32. The van der Waals surface area contributed by atoms with Gasteiger partial charge in [-0.2, -0.15) is 0 Å². The minimum absolute atomic E-state index is 0.0627. The molecule has 1 atom stereocenters. The molecule has 4 heteroatoms. The van der Waals surface area contributed by atoms with Crippen LogP contribution in [0.3, 0.4) is 0 Å². The Balaban J connectivity index is 1.59. The summed E-state index contributed by atoms with van der Waals surface area (Å²) in [6, 6.07) is 0.449. The van der Waals surface area contributed by atoms with Gasteiger partial charge in [0.2, 0.25) is 11.8 Å².